The molecule has 2 rings (SSSR count). The second-order valence-corrected chi connectivity index (χ2v) is 5.25. The lowest BCUT2D eigenvalue weighted by Crippen LogP contribution is -2.28. The largest absolute Gasteiger partial charge is 0.496 e. The van der Waals surface area contributed by atoms with Crippen molar-refractivity contribution in [3.8, 4) is 5.75 Å². The molecule has 0 aliphatic carbocycles. The molecule has 0 radical (unpaired) electrons. The molecule has 1 aromatic carbocycles. The number of nitrogens with one attached hydrogen (secondary N) is 1. The highest BCUT2D eigenvalue weighted by atomic mass is 16.6. The topological polar surface area (TPSA) is 73.6 Å². The Morgan fingerprint density at radius 1 is 1.52 bits per heavy atom. The van der Waals surface area contributed by atoms with Crippen LogP contribution in [-0.4, -0.2) is 31.3 Å². The van der Waals surface area contributed by atoms with E-state index in [0.29, 0.717) is 24.3 Å². The summed E-state index contributed by atoms with van der Waals surface area (Å²) in [6, 6.07) is 4.66. The van der Waals surface area contributed by atoms with Crippen molar-refractivity contribution in [2.45, 2.75) is 32.4 Å². The molecule has 1 N–H and O–H groups in total. The number of hydrogen-bond donors (Lipinski definition) is 1. The van der Waals surface area contributed by atoms with Gasteiger partial charge in [0.1, 0.15) is 5.75 Å². The molecule has 6 nitrogen and oxygen atoms in total. The van der Waals surface area contributed by atoms with Crippen molar-refractivity contribution in [3.05, 3.63) is 33.9 Å². The van der Waals surface area contributed by atoms with E-state index in [4.69, 9.17) is 9.47 Å². The lowest BCUT2D eigenvalue weighted by molar-refractivity contribution is -0.384. The Balaban J connectivity index is 1.95. The summed E-state index contributed by atoms with van der Waals surface area (Å²) in [5.41, 5.74) is 0.891. The summed E-state index contributed by atoms with van der Waals surface area (Å²) in [6.45, 7) is 4.36. The lowest BCUT2D eigenvalue weighted by Gasteiger charge is -2.17. The Morgan fingerprint density at radius 3 is 3.00 bits per heavy atom. The molecule has 0 aromatic heterocycles. The number of nitro benzene ring substituents is 1. The van der Waals surface area contributed by atoms with E-state index >= 15 is 0 Å². The highest BCUT2D eigenvalue weighted by Gasteiger charge is 2.26. The van der Waals surface area contributed by atoms with Gasteiger partial charge in [-0.15, -0.1) is 0 Å². The third kappa shape index (κ3) is 3.92. The zero-order valence-electron chi connectivity index (χ0n) is 12.5. The molecule has 1 saturated heterocycles. The molecule has 2 unspecified atom stereocenters. The van der Waals surface area contributed by atoms with Crippen LogP contribution in [0.25, 0.3) is 0 Å². The number of non-ortho nitro benzene ring substituents is 1. The number of ether oxygens (including phenoxy) is 2. The summed E-state index contributed by atoms with van der Waals surface area (Å²) >= 11 is 0. The molecule has 0 bridgehead atoms. The van der Waals surface area contributed by atoms with Gasteiger partial charge >= 0.3 is 0 Å². The number of rotatable bonds is 7. The summed E-state index contributed by atoms with van der Waals surface area (Å²) in [6.07, 6.45) is 2.41. The normalized spacial score (nSPS) is 21.4. The first-order chi connectivity index (χ1) is 10.2. The van der Waals surface area contributed by atoms with Crippen molar-refractivity contribution in [2.75, 3.05) is 20.3 Å². The second kappa shape index (κ2) is 7.38. The van der Waals surface area contributed by atoms with Crippen LogP contribution >= 0.6 is 0 Å². The Labute approximate surface area is 124 Å². The summed E-state index contributed by atoms with van der Waals surface area (Å²) in [5.74, 6) is 1.18. The van der Waals surface area contributed by atoms with Gasteiger partial charge in [-0.2, -0.15) is 0 Å². The average molecular weight is 294 g/mol. The molecule has 116 valence electrons. The smallest absolute Gasteiger partial charge is 0.270 e. The lowest BCUT2D eigenvalue weighted by atomic mass is 9.99. The first-order valence-corrected chi connectivity index (χ1v) is 7.29. The first kappa shape index (κ1) is 15.7. The maximum Gasteiger partial charge on any atom is 0.270 e. The number of benzene rings is 1. The van der Waals surface area contributed by atoms with E-state index in [0.717, 1.165) is 31.6 Å². The van der Waals surface area contributed by atoms with Gasteiger partial charge in [-0.25, -0.2) is 0 Å². The van der Waals surface area contributed by atoms with Crippen LogP contribution in [0.4, 0.5) is 5.69 Å². The van der Waals surface area contributed by atoms with E-state index in [-0.39, 0.29) is 10.6 Å². The van der Waals surface area contributed by atoms with E-state index in [1.54, 1.807) is 19.2 Å². The van der Waals surface area contributed by atoms with Gasteiger partial charge in [0, 0.05) is 37.4 Å². The second-order valence-electron chi connectivity index (χ2n) is 5.25. The van der Waals surface area contributed by atoms with Crippen LogP contribution in [0.1, 0.15) is 25.3 Å². The molecule has 0 spiro atoms. The van der Waals surface area contributed by atoms with E-state index in [9.17, 15) is 10.1 Å². The summed E-state index contributed by atoms with van der Waals surface area (Å²) in [4.78, 5) is 10.5. The summed E-state index contributed by atoms with van der Waals surface area (Å²) in [5, 5.41) is 14.2. The molecule has 1 aliphatic heterocycles. The minimum Gasteiger partial charge on any atom is -0.496 e. The molecule has 1 aliphatic rings. The van der Waals surface area contributed by atoms with Crippen molar-refractivity contribution in [2.24, 2.45) is 5.92 Å². The average Bonchev–Trinajstić information content (AvgIpc) is 2.94. The molecule has 1 heterocycles. The van der Waals surface area contributed by atoms with E-state index in [1.165, 1.54) is 6.07 Å². The van der Waals surface area contributed by atoms with Crippen LogP contribution in [0.2, 0.25) is 0 Å². The zero-order chi connectivity index (χ0) is 15.2. The minimum absolute atomic E-state index is 0.0863. The fraction of sp³-hybridized carbons (Fsp3) is 0.600. The van der Waals surface area contributed by atoms with Crippen LogP contribution < -0.4 is 10.1 Å². The predicted molar refractivity (Wildman–Crippen MR) is 79.5 cm³/mol. The van der Waals surface area contributed by atoms with Crippen LogP contribution in [0.5, 0.6) is 5.75 Å². The molecule has 1 aromatic rings. The highest BCUT2D eigenvalue weighted by molar-refractivity contribution is 5.43. The molecule has 0 saturated carbocycles. The number of nitro groups is 1. The first-order valence-electron chi connectivity index (χ1n) is 7.29. The van der Waals surface area contributed by atoms with Crippen LogP contribution in [0.3, 0.4) is 0 Å². The number of nitrogens with zero attached hydrogens (tertiary/aromatic N) is 1. The highest BCUT2D eigenvalue weighted by Crippen LogP contribution is 2.25. The molecule has 21 heavy (non-hydrogen) atoms. The Hall–Kier alpha value is -1.66. The van der Waals surface area contributed by atoms with Crippen molar-refractivity contribution >= 4 is 5.69 Å². The monoisotopic (exact) mass is 294 g/mol. The molecule has 0 amide bonds. The van der Waals surface area contributed by atoms with Gasteiger partial charge in [-0.3, -0.25) is 10.1 Å². The van der Waals surface area contributed by atoms with Crippen molar-refractivity contribution in [1.29, 1.82) is 0 Å². The molecule has 1 fully saturated rings. The van der Waals surface area contributed by atoms with Crippen molar-refractivity contribution in [1.82, 2.24) is 5.32 Å². The van der Waals surface area contributed by atoms with Gasteiger partial charge in [-0.05, 0) is 24.8 Å². The van der Waals surface area contributed by atoms with E-state index in [2.05, 4.69) is 12.2 Å². The fourth-order valence-corrected chi connectivity index (χ4v) is 2.79. The van der Waals surface area contributed by atoms with E-state index < -0.39 is 0 Å². The maximum atomic E-state index is 10.8. The van der Waals surface area contributed by atoms with E-state index in [1.807, 2.05) is 0 Å². The SMILES string of the molecule is CCC1OCCC1CNCc1cc([N+](=O)[O-])ccc1OC. The summed E-state index contributed by atoms with van der Waals surface area (Å²) < 4.78 is 10.9. The van der Waals surface area contributed by atoms with Gasteiger partial charge in [-0.1, -0.05) is 6.92 Å². The maximum absolute atomic E-state index is 10.8. The minimum atomic E-state index is -0.388. The fourth-order valence-electron chi connectivity index (χ4n) is 2.79. The number of methoxy groups -OCH3 is 1. The van der Waals surface area contributed by atoms with Crippen molar-refractivity contribution in [3.63, 3.8) is 0 Å². The van der Waals surface area contributed by atoms with Crippen LogP contribution in [0, 0.1) is 16.0 Å². The summed E-state index contributed by atoms with van der Waals surface area (Å²) in [7, 11) is 1.57. The van der Waals surface area contributed by atoms with Crippen LogP contribution in [-0.2, 0) is 11.3 Å². The van der Waals surface area contributed by atoms with Gasteiger partial charge in [0.05, 0.1) is 18.1 Å². The third-order valence-electron chi connectivity index (χ3n) is 3.95. The molecular weight excluding hydrogens is 272 g/mol. The Kier molecular flexibility index (Phi) is 5.52. The number of hydrogen-bond acceptors (Lipinski definition) is 5. The van der Waals surface area contributed by atoms with Gasteiger partial charge in [0.25, 0.3) is 5.69 Å². The standard InChI is InChI=1S/C15H22N2O4/c1-3-14-11(6-7-21-14)9-16-10-12-8-13(17(18)19)4-5-15(12)20-2/h4-5,8,11,14,16H,3,6-7,9-10H2,1-2H3. The Morgan fingerprint density at radius 2 is 2.33 bits per heavy atom. The Bertz CT molecular complexity index is 493. The quantitative estimate of drug-likeness (QED) is 0.618. The van der Waals surface area contributed by atoms with Crippen molar-refractivity contribution < 1.29 is 14.4 Å². The predicted octanol–water partition coefficient (Wildman–Crippen LogP) is 2.51. The molecular formula is C15H22N2O4. The van der Waals surface area contributed by atoms with Gasteiger partial charge in [0.2, 0.25) is 0 Å². The molecule has 2 atom stereocenters. The molecule has 6 heteroatoms. The van der Waals surface area contributed by atoms with Gasteiger partial charge in [0.15, 0.2) is 0 Å². The third-order valence-corrected chi connectivity index (χ3v) is 3.95. The van der Waals surface area contributed by atoms with Crippen LogP contribution in [0.15, 0.2) is 18.2 Å². The zero-order valence-corrected chi connectivity index (χ0v) is 12.5. The van der Waals surface area contributed by atoms with Gasteiger partial charge < -0.3 is 14.8 Å².